The smallest absolute Gasteiger partial charge is 0.251 e. The van der Waals surface area contributed by atoms with E-state index in [1.165, 1.54) is 0 Å². The van der Waals surface area contributed by atoms with Gasteiger partial charge in [-0.2, -0.15) is 0 Å². The van der Waals surface area contributed by atoms with Gasteiger partial charge in [-0.3, -0.25) is 4.79 Å². The lowest BCUT2D eigenvalue weighted by atomic mass is 10.1. The van der Waals surface area contributed by atoms with Crippen molar-refractivity contribution in [2.75, 3.05) is 13.1 Å². The van der Waals surface area contributed by atoms with Gasteiger partial charge in [0.1, 0.15) is 0 Å². The predicted molar refractivity (Wildman–Crippen MR) is 82.0 cm³/mol. The Morgan fingerprint density at radius 1 is 1.48 bits per heavy atom. The van der Waals surface area contributed by atoms with Crippen LogP contribution in [0.1, 0.15) is 21.6 Å². The summed E-state index contributed by atoms with van der Waals surface area (Å²) in [7, 11) is 0. The molecule has 4 N–H and O–H groups in total. The summed E-state index contributed by atoms with van der Waals surface area (Å²) in [5.74, 6) is 5.41. The van der Waals surface area contributed by atoms with E-state index in [1.54, 1.807) is 30.7 Å². The molecule has 6 heteroatoms. The van der Waals surface area contributed by atoms with E-state index in [0.29, 0.717) is 29.1 Å². The summed E-state index contributed by atoms with van der Waals surface area (Å²) >= 11 is 6.09. The maximum atomic E-state index is 12.0. The zero-order chi connectivity index (χ0) is 15.1. The molecule has 108 valence electrons. The van der Waals surface area contributed by atoms with Crippen molar-refractivity contribution < 1.29 is 4.79 Å². The quantitative estimate of drug-likeness (QED) is 0.745. The van der Waals surface area contributed by atoms with Crippen molar-refractivity contribution in [1.29, 1.82) is 0 Å². The minimum Gasteiger partial charge on any atom is -0.352 e. The maximum absolute atomic E-state index is 12.0. The van der Waals surface area contributed by atoms with Gasteiger partial charge in [0.25, 0.3) is 5.91 Å². The molecular weight excluding hydrogens is 288 g/mol. The Hall–Kier alpha value is -2.29. The number of aromatic amines is 1. The first kappa shape index (κ1) is 15.1. The number of H-pyrrole nitrogens is 1. The zero-order valence-electron chi connectivity index (χ0n) is 11.3. The van der Waals surface area contributed by atoms with Crippen LogP contribution in [0, 0.1) is 11.8 Å². The van der Waals surface area contributed by atoms with E-state index in [2.05, 4.69) is 27.1 Å². The molecule has 2 aromatic rings. The minimum atomic E-state index is -0.172. The fourth-order valence-corrected chi connectivity index (χ4v) is 1.97. The molecular formula is C15H15ClN4O. The summed E-state index contributed by atoms with van der Waals surface area (Å²) in [4.78, 5) is 18.9. The number of hydrogen-bond donors (Lipinski definition) is 3. The summed E-state index contributed by atoms with van der Waals surface area (Å²) in [5.41, 5.74) is 7.45. The molecule has 1 aromatic carbocycles. The van der Waals surface area contributed by atoms with Crippen LogP contribution in [-0.4, -0.2) is 29.0 Å². The summed E-state index contributed by atoms with van der Waals surface area (Å²) in [6.45, 7) is 0.791. The Labute approximate surface area is 127 Å². The van der Waals surface area contributed by atoms with Crippen LogP contribution < -0.4 is 11.1 Å². The third-order valence-corrected chi connectivity index (χ3v) is 3.10. The van der Waals surface area contributed by atoms with Crippen LogP contribution >= 0.6 is 11.6 Å². The third-order valence-electron chi connectivity index (χ3n) is 2.79. The number of carbonyl (C=O) groups excluding carboxylic acids is 1. The Morgan fingerprint density at radius 2 is 2.33 bits per heavy atom. The van der Waals surface area contributed by atoms with Crippen LogP contribution in [0.15, 0.2) is 30.7 Å². The molecule has 0 fully saturated rings. The van der Waals surface area contributed by atoms with Crippen molar-refractivity contribution in [3.63, 3.8) is 0 Å². The number of benzene rings is 1. The van der Waals surface area contributed by atoms with E-state index in [9.17, 15) is 4.79 Å². The van der Waals surface area contributed by atoms with Crippen molar-refractivity contribution in [2.24, 2.45) is 5.73 Å². The summed E-state index contributed by atoms with van der Waals surface area (Å²) in [6.07, 6.45) is 4.03. The topological polar surface area (TPSA) is 83.8 Å². The fraction of sp³-hybridized carbons (Fsp3) is 0.200. The molecule has 0 aliphatic rings. The molecule has 0 aliphatic heterocycles. The standard InChI is InChI=1S/C15H15ClN4O/c16-14-8-12(4-3-11(14)2-1-6-17)15(21)19-7-5-13-9-18-10-20-13/h3-4,8-10H,5-7,17H2,(H,18,20)(H,19,21). The van der Waals surface area contributed by atoms with Crippen molar-refractivity contribution in [1.82, 2.24) is 15.3 Å². The Bertz CT molecular complexity index is 671. The molecule has 0 saturated carbocycles. The highest BCUT2D eigenvalue weighted by Crippen LogP contribution is 2.17. The third kappa shape index (κ3) is 4.35. The highest BCUT2D eigenvalue weighted by Gasteiger charge is 2.07. The monoisotopic (exact) mass is 302 g/mol. The lowest BCUT2D eigenvalue weighted by Gasteiger charge is -2.05. The van der Waals surface area contributed by atoms with Crippen LogP contribution in [0.3, 0.4) is 0 Å². The number of amides is 1. The molecule has 5 nitrogen and oxygen atoms in total. The molecule has 0 bridgehead atoms. The number of carbonyl (C=O) groups is 1. The molecule has 1 heterocycles. The van der Waals surface area contributed by atoms with Crippen molar-refractivity contribution >= 4 is 17.5 Å². The molecule has 0 spiro atoms. The maximum Gasteiger partial charge on any atom is 0.251 e. The van der Waals surface area contributed by atoms with Gasteiger partial charge < -0.3 is 16.0 Å². The Balaban J connectivity index is 1.94. The van der Waals surface area contributed by atoms with Gasteiger partial charge in [0.2, 0.25) is 0 Å². The molecule has 0 aliphatic carbocycles. The van der Waals surface area contributed by atoms with Gasteiger partial charge in [-0.05, 0) is 18.2 Å². The second kappa shape index (κ2) is 7.48. The number of halogens is 1. The number of nitrogens with zero attached hydrogens (tertiary/aromatic N) is 1. The molecule has 2 rings (SSSR count). The zero-order valence-corrected chi connectivity index (χ0v) is 12.1. The predicted octanol–water partition coefficient (Wildman–Crippen LogP) is 1.35. The lowest BCUT2D eigenvalue weighted by Crippen LogP contribution is -2.25. The van der Waals surface area contributed by atoms with Gasteiger partial charge in [0.15, 0.2) is 0 Å². The van der Waals surface area contributed by atoms with Gasteiger partial charge in [0, 0.05) is 36.0 Å². The van der Waals surface area contributed by atoms with Gasteiger partial charge in [-0.1, -0.05) is 23.4 Å². The first-order chi connectivity index (χ1) is 10.2. The normalized spacial score (nSPS) is 9.81. The molecule has 0 atom stereocenters. The molecule has 0 saturated heterocycles. The SMILES string of the molecule is NCC#Cc1ccc(C(=O)NCCc2cnc[nH]2)cc1Cl. The van der Waals surface area contributed by atoms with E-state index in [0.717, 1.165) is 5.69 Å². The van der Waals surface area contributed by atoms with Gasteiger partial charge in [-0.25, -0.2) is 4.98 Å². The highest BCUT2D eigenvalue weighted by atomic mass is 35.5. The van der Waals surface area contributed by atoms with E-state index < -0.39 is 0 Å². The van der Waals surface area contributed by atoms with Crippen molar-refractivity contribution in [2.45, 2.75) is 6.42 Å². The molecule has 0 unspecified atom stereocenters. The number of rotatable bonds is 4. The average Bonchev–Trinajstić information content (AvgIpc) is 2.99. The van der Waals surface area contributed by atoms with Crippen molar-refractivity contribution in [3.8, 4) is 11.8 Å². The van der Waals surface area contributed by atoms with Crippen LogP contribution in [0.4, 0.5) is 0 Å². The van der Waals surface area contributed by atoms with Crippen LogP contribution in [-0.2, 0) is 6.42 Å². The number of nitrogens with one attached hydrogen (secondary N) is 2. The molecule has 1 amide bonds. The highest BCUT2D eigenvalue weighted by molar-refractivity contribution is 6.32. The van der Waals surface area contributed by atoms with Crippen LogP contribution in [0.5, 0.6) is 0 Å². The summed E-state index contributed by atoms with van der Waals surface area (Å²) < 4.78 is 0. The fourth-order valence-electron chi connectivity index (χ4n) is 1.74. The average molecular weight is 303 g/mol. The van der Waals surface area contributed by atoms with Crippen LogP contribution in [0.25, 0.3) is 0 Å². The largest absolute Gasteiger partial charge is 0.352 e. The Morgan fingerprint density at radius 3 is 3.00 bits per heavy atom. The molecule has 0 radical (unpaired) electrons. The van der Waals surface area contributed by atoms with Crippen LogP contribution in [0.2, 0.25) is 5.02 Å². The Kier molecular flexibility index (Phi) is 5.38. The number of hydrogen-bond acceptors (Lipinski definition) is 3. The van der Waals surface area contributed by atoms with Gasteiger partial charge >= 0.3 is 0 Å². The molecule has 21 heavy (non-hydrogen) atoms. The van der Waals surface area contributed by atoms with Gasteiger partial charge in [-0.15, -0.1) is 0 Å². The number of nitrogens with two attached hydrogens (primary N) is 1. The van der Waals surface area contributed by atoms with E-state index >= 15 is 0 Å². The number of imidazole rings is 1. The van der Waals surface area contributed by atoms with Crippen molar-refractivity contribution in [3.05, 3.63) is 52.6 Å². The minimum absolute atomic E-state index is 0.172. The summed E-state index contributed by atoms with van der Waals surface area (Å²) in [5, 5.41) is 3.27. The second-order valence-electron chi connectivity index (χ2n) is 4.28. The summed E-state index contributed by atoms with van der Waals surface area (Å²) in [6, 6.07) is 5.01. The second-order valence-corrected chi connectivity index (χ2v) is 4.69. The van der Waals surface area contributed by atoms with E-state index in [4.69, 9.17) is 17.3 Å². The van der Waals surface area contributed by atoms with E-state index in [-0.39, 0.29) is 12.5 Å². The number of aromatic nitrogens is 2. The first-order valence-corrected chi connectivity index (χ1v) is 6.82. The molecule has 1 aromatic heterocycles. The van der Waals surface area contributed by atoms with Gasteiger partial charge in [0.05, 0.1) is 17.9 Å². The lowest BCUT2D eigenvalue weighted by molar-refractivity contribution is 0.0954. The van der Waals surface area contributed by atoms with E-state index in [1.807, 2.05) is 0 Å². The first-order valence-electron chi connectivity index (χ1n) is 6.44.